The minimum Gasteiger partial charge on any atom is -0.487 e. The SMILES string of the molecule is Cc1cc2c(c(F)c1F)OC(C(OO)C1CCC(C)CC1)CC2.Cc1cc2c(c(F)c1F)OC(CCC1CCC(C)CC1)CC2.Cc1cc2c(c(F)c1F)OC(COC1CCC(C)CC1)CC2.[HH].[HH].[HH]. The summed E-state index contributed by atoms with van der Waals surface area (Å²) in [7, 11) is 0. The third-order valence-electron chi connectivity index (χ3n) is 15.8. The van der Waals surface area contributed by atoms with Crippen LogP contribution in [0.4, 0.5) is 26.3 Å². The fraction of sp³-hybridized carbons (Fsp3) is 0.673. The highest BCUT2D eigenvalue weighted by atomic mass is 19.2. The van der Waals surface area contributed by atoms with Gasteiger partial charge in [0.25, 0.3) is 0 Å². The van der Waals surface area contributed by atoms with Crippen molar-refractivity contribution in [2.75, 3.05) is 6.61 Å². The number of hydrogen-bond acceptors (Lipinski definition) is 6. The maximum atomic E-state index is 14.2. The van der Waals surface area contributed by atoms with Crippen LogP contribution >= 0.6 is 0 Å². The average molecular weight is 951 g/mol. The van der Waals surface area contributed by atoms with Crippen LogP contribution in [-0.2, 0) is 28.9 Å². The molecular weight excluding hydrogens is 871 g/mol. The van der Waals surface area contributed by atoms with Gasteiger partial charge < -0.3 is 18.9 Å². The number of halogens is 6. The summed E-state index contributed by atoms with van der Waals surface area (Å²) in [5, 5.41) is 9.36. The first kappa shape index (κ1) is 51.4. The van der Waals surface area contributed by atoms with Crippen molar-refractivity contribution in [3.8, 4) is 17.2 Å². The van der Waals surface area contributed by atoms with Crippen LogP contribution in [0.25, 0.3) is 0 Å². The molecule has 0 saturated heterocycles. The minimum atomic E-state index is -0.932. The Morgan fingerprint density at radius 1 is 0.522 bits per heavy atom. The van der Waals surface area contributed by atoms with E-state index in [1.165, 1.54) is 38.5 Å². The summed E-state index contributed by atoms with van der Waals surface area (Å²) in [6.07, 6.45) is 19.8. The molecule has 378 valence electrons. The van der Waals surface area contributed by atoms with Gasteiger partial charge in [-0.2, -0.15) is 13.2 Å². The van der Waals surface area contributed by atoms with Crippen LogP contribution in [0, 0.1) is 85.3 Å². The molecule has 67 heavy (non-hydrogen) atoms. The molecule has 4 atom stereocenters. The van der Waals surface area contributed by atoms with E-state index in [0.717, 1.165) is 99.5 Å². The molecule has 3 aromatic rings. The van der Waals surface area contributed by atoms with Crippen LogP contribution in [0.3, 0.4) is 0 Å². The molecule has 4 unspecified atom stereocenters. The van der Waals surface area contributed by atoms with E-state index < -0.39 is 47.1 Å². The van der Waals surface area contributed by atoms with Crippen LogP contribution in [0.15, 0.2) is 18.2 Å². The van der Waals surface area contributed by atoms with E-state index in [4.69, 9.17) is 23.8 Å². The van der Waals surface area contributed by atoms with Crippen molar-refractivity contribution < 1.29 is 59.7 Å². The molecule has 3 fully saturated rings. The summed E-state index contributed by atoms with van der Waals surface area (Å²) in [5.74, 6) is -1.45. The predicted octanol–water partition coefficient (Wildman–Crippen LogP) is 15.5. The molecule has 1 N–H and O–H groups in total. The van der Waals surface area contributed by atoms with E-state index in [9.17, 15) is 31.6 Å². The maximum Gasteiger partial charge on any atom is 0.201 e. The molecule has 12 heteroatoms. The van der Waals surface area contributed by atoms with Crippen molar-refractivity contribution in [3.05, 3.63) is 86.5 Å². The van der Waals surface area contributed by atoms with Gasteiger partial charge in [-0.25, -0.2) is 18.1 Å². The van der Waals surface area contributed by atoms with Crippen molar-refractivity contribution >= 4 is 0 Å². The van der Waals surface area contributed by atoms with Crippen LogP contribution in [0.5, 0.6) is 17.2 Å². The second-order valence-electron chi connectivity index (χ2n) is 21.2. The number of benzene rings is 3. The Morgan fingerprint density at radius 3 is 1.43 bits per heavy atom. The fourth-order valence-corrected chi connectivity index (χ4v) is 11.2. The molecule has 0 bridgehead atoms. The van der Waals surface area contributed by atoms with E-state index in [1.807, 2.05) is 0 Å². The first-order chi connectivity index (χ1) is 32.1. The van der Waals surface area contributed by atoms with E-state index >= 15 is 0 Å². The molecule has 3 heterocycles. The molecule has 3 aliphatic carbocycles. The number of hydrogen-bond donors (Lipinski definition) is 1. The monoisotopic (exact) mass is 951 g/mol. The van der Waals surface area contributed by atoms with Crippen LogP contribution in [0.2, 0.25) is 0 Å². The standard InChI is InChI=1S/C19H26F2O.C18H24F2O3.C18H24F2O2.3H2/c1-12-3-5-14(6-4-12)7-9-16-10-8-15-11-13(2)17(20)18(21)19(15)22-16;1-10-3-5-12(6-4-10)17(23-21)14-8-7-13-9-11(2)15(19)16(20)18(13)22-14;1-11-3-6-14(7-4-11)21-10-15-8-5-13-9-12(2)16(19)17(20)18(13)22-15;;;/h11-12,14,16H,3-10H2,1-2H3;9-10,12,14,17,21H,3-8H2,1-2H3;9,11,14-15H,3-8,10H2,1-2H3;3*1H. The molecule has 6 aliphatic rings. The second-order valence-corrected chi connectivity index (χ2v) is 21.2. The smallest absolute Gasteiger partial charge is 0.201 e. The fourth-order valence-electron chi connectivity index (χ4n) is 11.2. The third kappa shape index (κ3) is 12.8. The summed E-state index contributed by atoms with van der Waals surface area (Å²) in [6, 6.07) is 5.06. The van der Waals surface area contributed by atoms with Crippen molar-refractivity contribution in [1.29, 1.82) is 0 Å². The second kappa shape index (κ2) is 23.4. The Kier molecular flexibility index (Phi) is 18.0. The molecular formula is C55H80F6O6. The lowest BCUT2D eigenvalue weighted by molar-refractivity contribution is -0.309. The van der Waals surface area contributed by atoms with Gasteiger partial charge in [-0.05, 0) is 192 Å². The number of fused-ring (bicyclic) bond motifs is 3. The molecule has 0 aromatic heterocycles. The van der Waals surface area contributed by atoms with Gasteiger partial charge in [0.15, 0.2) is 34.7 Å². The Labute approximate surface area is 399 Å². The third-order valence-corrected chi connectivity index (χ3v) is 15.8. The topological polar surface area (TPSA) is 66.4 Å². The zero-order valence-corrected chi connectivity index (χ0v) is 40.6. The van der Waals surface area contributed by atoms with E-state index in [-0.39, 0.29) is 39.7 Å². The Bertz CT molecular complexity index is 2030. The molecule has 3 aromatic carbocycles. The quantitative estimate of drug-likeness (QED) is 0.131. The number of aryl methyl sites for hydroxylation is 6. The number of rotatable bonds is 9. The minimum absolute atomic E-state index is 0. The zero-order valence-electron chi connectivity index (χ0n) is 40.6. The molecule has 3 aliphatic heterocycles. The lowest BCUT2D eigenvalue weighted by atomic mass is 9.78. The maximum absolute atomic E-state index is 14.2. The first-order valence-electron chi connectivity index (χ1n) is 25.4. The summed E-state index contributed by atoms with van der Waals surface area (Å²) < 4.78 is 107. The Hall–Kier alpha value is -3.48. The van der Waals surface area contributed by atoms with Gasteiger partial charge in [-0.1, -0.05) is 59.3 Å². The van der Waals surface area contributed by atoms with Gasteiger partial charge in [0.1, 0.15) is 18.3 Å². The number of ether oxygens (including phenoxy) is 4. The highest BCUT2D eigenvalue weighted by molar-refractivity contribution is 5.43. The molecule has 3 saturated carbocycles. The summed E-state index contributed by atoms with van der Waals surface area (Å²) in [4.78, 5) is 4.73. The Balaban J connectivity index is 0.000000224. The van der Waals surface area contributed by atoms with Crippen LogP contribution in [-0.4, -0.2) is 42.4 Å². The lowest BCUT2D eigenvalue weighted by Gasteiger charge is -2.37. The predicted molar refractivity (Wildman–Crippen MR) is 254 cm³/mol. The van der Waals surface area contributed by atoms with E-state index in [1.54, 1.807) is 39.0 Å². The van der Waals surface area contributed by atoms with Gasteiger partial charge in [-0.3, -0.25) is 5.26 Å². The van der Waals surface area contributed by atoms with Crippen molar-refractivity contribution in [1.82, 2.24) is 0 Å². The summed E-state index contributed by atoms with van der Waals surface area (Å²) in [5.41, 5.74) is 3.27. The van der Waals surface area contributed by atoms with Crippen LogP contribution < -0.4 is 14.2 Å². The van der Waals surface area contributed by atoms with Crippen molar-refractivity contribution in [3.63, 3.8) is 0 Å². The molecule has 0 spiro atoms. The molecule has 0 radical (unpaired) electrons. The molecule has 9 rings (SSSR count). The van der Waals surface area contributed by atoms with Crippen molar-refractivity contribution in [2.24, 2.45) is 29.6 Å². The summed E-state index contributed by atoms with van der Waals surface area (Å²) in [6.45, 7) is 12.0. The van der Waals surface area contributed by atoms with Gasteiger partial charge in [0.2, 0.25) is 17.5 Å². The normalized spacial score (nSPS) is 28.3. The largest absolute Gasteiger partial charge is 0.487 e. The average Bonchev–Trinajstić information content (AvgIpc) is 3.33. The lowest BCUT2D eigenvalue weighted by Crippen LogP contribution is -2.42. The zero-order chi connectivity index (χ0) is 47.9. The highest BCUT2D eigenvalue weighted by Gasteiger charge is 2.38. The van der Waals surface area contributed by atoms with Gasteiger partial charge in [0.05, 0.1) is 18.8 Å². The van der Waals surface area contributed by atoms with Gasteiger partial charge in [-0.15, -0.1) is 0 Å². The Morgan fingerprint density at radius 2 is 0.940 bits per heavy atom. The van der Waals surface area contributed by atoms with Crippen molar-refractivity contribution in [2.45, 2.75) is 200 Å². The van der Waals surface area contributed by atoms with Crippen LogP contribution in [0.1, 0.15) is 168 Å². The highest BCUT2D eigenvalue weighted by Crippen LogP contribution is 2.41. The van der Waals surface area contributed by atoms with Gasteiger partial charge in [0, 0.05) is 4.28 Å². The first-order valence-corrected chi connectivity index (χ1v) is 25.4. The molecule has 6 nitrogen and oxygen atoms in total. The summed E-state index contributed by atoms with van der Waals surface area (Å²) >= 11 is 0. The molecule has 0 amide bonds. The van der Waals surface area contributed by atoms with E-state index in [0.29, 0.717) is 60.1 Å². The van der Waals surface area contributed by atoms with E-state index in [2.05, 4.69) is 20.8 Å². The van der Waals surface area contributed by atoms with Gasteiger partial charge >= 0.3 is 0 Å².